The van der Waals surface area contributed by atoms with Crippen LogP contribution in [0.4, 0.5) is 11.5 Å². The molecule has 2 N–H and O–H groups in total. The largest absolute Gasteiger partial charge is 0.494 e. The summed E-state index contributed by atoms with van der Waals surface area (Å²) in [5, 5.41) is 12.3. The van der Waals surface area contributed by atoms with Crippen LogP contribution in [0.25, 0.3) is 11.1 Å². The maximum Gasteiger partial charge on any atom is 0.339 e. The predicted molar refractivity (Wildman–Crippen MR) is 97.5 cm³/mol. The summed E-state index contributed by atoms with van der Waals surface area (Å²) in [7, 11) is 0. The molecular weight excluding hydrogens is 316 g/mol. The van der Waals surface area contributed by atoms with Crippen LogP contribution < -0.4 is 10.1 Å². The SMILES string of the molecule is CCOc1cccc(-c2ccc(Nc3ncccc3C(=O)O)cc2)c1. The van der Waals surface area contributed by atoms with Gasteiger partial charge in [-0.05, 0) is 54.4 Å². The molecule has 1 aromatic heterocycles. The van der Waals surface area contributed by atoms with Crippen molar-refractivity contribution in [1.29, 1.82) is 0 Å². The Morgan fingerprint density at radius 2 is 1.88 bits per heavy atom. The molecule has 0 bridgehead atoms. The molecule has 0 amide bonds. The van der Waals surface area contributed by atoms with Crippen LogP contribution in [-0.4, -0.2) is 22.7 Å². The van der Waals surface area contributed by atoms with Gasteiger partial charge in [0.2, 0.25) is 0 Å². The van der Waals surface area contributed by atoms with Crippen molar-refractivity contribution >= 4 is 17.5 Å². The fourth-order valence-electron chi connectivity index (χ4n) is 2.49. The number of aromatic carboxylic acids is 1. The highest BCUT2D eigenvalue weighted by atomic mass is 16.5. The van der Waals surface area contributed by atoms with E-state index in [0.717, 1.165) is 22.6 Å². The summed E-state index contributed by atoms with van der Waals surface area (Å²) in [6.07, 6.45) is 1.56. The molecule has 126 valence electrons. The maximum atomic E-state index is 11.2. The monoisotopic (exact) mass is 334 g/mol. The first-order valence-corrected chi connectivity index (χ1v) is 7.96. The van der Waals surface area contributed by atoms with Gasteiger partial charge < -0.3 is 15.2 Å². The highest BCUT2D eigenvalue weighted by Crippen LogP contribution is 2.26. The zero-order valence-electron chi connectivity index (χ0n) is 13.8. The number of hydrogen-bond donors (Lipinski definition) is 2. The van der Waals surface area contributed by atoms with E-state index in [1.807, 2.05) is 55.5 Å². The number of anilines is 2. The Balaban J connectivity index is 1.81. The zero-order valence-corrected chi connectivity index (χ0v) is 13.8. The van der Waals surface area contributed by atoms with Gasteiger partial charge in [-0.15, -0.1) is 0 Å². The van der Waals surface area contributed by atoms with Crippen LogP contribution >= 0.6 is 0 Å². The lowest BCUT2D eigenvalue weighted by molar-refractivity contribution is 0.0697. The van der Waals surface area contributed by atoms with Gasteiger partial charge in [-0.2, -0.15) is 0 Å². The molecule has 3 rings (SSSR count). The van der Waals surface area contributed by atoms with E-state index in [4.69, 9.17) is 4.74 Å². The summed E-state index contributed by atoms with van der Waals surface area (Å²) >= 11 is 0. The fraction of sp³-hybridized carbons (Fsp3) is 0.100. The van der Waals surface area contributed by atoms with E-state index in [0.29, 0.717) is 12.4 Å². The number of carboxylic acids is 1. The van der Waals surface area contributed by atoms with E-state index < -0.39 is 5.97 Å². The van der Waals surface area contributed by atoms with Crippen molar-refractivity contribution in [2.24, 2.45) is 0 Å². The number of nitrogens with zero attached hydrogens (tertiary/aromatic N) is 1. The van der Waals surface area contributed by atoms with Crippen LogP contribution in [0.5, 0.6) is 5.75 Å². The Bertz CT molecular complexity index is 876. The van der Waals surface area contributed by atoms with Crippen molar-refractivity contribution in [3.8, 4) is 16.9 Å². The molecule has 0 saturated heterocycles. The third-order valence-corrected chi connectivity index (χ3v) is 3.66. The first kappa shape index (κ1) is 16.5. The molecule has 0 fully saturated rings. The Morgan fingerprint density at radius 3 is 2.60 bits per heavy atom. The lowest BCUT2D eigenvalue weighted by atomic mass is 10.1. The average molecular weight is 334 g/mol. The molecule has 0 spiro atoms. The van der Waals surface area contributed by atoms with E-state index in [-0.39, 0.29) is 5.56 Å². The molecule has 25 heavy (non-hydrogen) atoms. The molecular formula is C20H18N2O3. The number of carbonyl (C=O) groups is 1. The number of aromatic nitrogens is 1. The number of nitrogens with one attached hydrogen (secondary N) is 1. The third kappa shape index (κ3) is 3.95. The minimum atomic E-state index is -1.01. The van der Waals surface area contributed by atoms with Gasteiger partial charge in [0.05, 0.1) is 6.61 Å². The molecule has 0 radical (unpaired) electrons. The molecule has 3 aromatic rings. The molecule has 0 saturated carbocycles. The van der Waals surface area contributed by atoms with Gasteiger partial charge in [0.25, 0.3) is 0 Å². The minimum Gasteiger partial charge on any atom is -0.494 e. The summed E-state index contributed by atoms with van der Waals surface area (Å²) in [4.78, 5) is 15.3. The summed E-state index contributed by atoms with van der Waals surface area (Å²) in [5.74, 6) is 0.142. The summed E-state index contributed by atoms with van der Waals surface area (Å²) in [5.41, 5.74) is 3.01. The minimum absolute atomic E-state index is 0.135. The van der Waals surface area contributed by atoms with E-state index in [2.05, 4.69) is 10.3 Å². The van der Waals surface area contributed by atoms with Gasteiger partial charge in [0.15, 0.2) is 0 Å². The van der Waals surface area contributed by atoms with Crippen molar-refractivity contribution in [2.75, 3.05) is 11.9 Å². The summed E-state index contributed by atoms with van der Waals surface area (Å²) in [6.45, 7) is 2.58. The number of carboxylic acid groups (broad SMARTS) is 1. The van der Waals surface area contributed by atoms with Crippen molar-refractivity contribution < 1.29 is 14.6 Å². The normalized spacial score (nSPS) is 10.3. The van der Waals surface area contributed by atoms with Crippen LogP contribution in [0.1, 0.15) is 17.3 Å². The molecule has 0 unspecified atom stereocenters. The summed E-state index contributed by atoms with van der Waals surface area (Å²) in [6, 6.07) is 18.7. The van der Waals surface area contributed by atoms with Crippen molar-refractivity contribution in [2.45, 2.75) is 6.92 Å². The Hall–Kier alpha value is -3.34. The topological polar surface area (TPSA) is 71.5 Å². The van der Waals surface area contributed by atoms with Gasteiger partial charge in [-0.3, -0.25) is 0 Å². The molecule has 0 aliphatic heterocycles. The highest BCUT2D eigenvalue weighted by Gasteiger charge is 2.10. The van der Waals surface area contributed by atoms with Gasteiger partial charge in [0, 0.05) is 11.9 Å². The first-order valence-electron chi connectivity index (χ1n) is 7.96. The second kappa shape index (κ2) is 7.49. The number of ether oxygens (including phenoxy) is 1. The van der Waals surface area contributed by atoms with E-state index in [9.17, 15) is 9.90 Å². The molecule has 0 aliphatic carbocycles. The van der Waals surface area contributed by atoms with Crippen LogP contribution in [0, 0.1) is 0 Å². The second-order valence-corrected chi connectivity index (χ2v) is 5.37. The van der Waals surface area contributed by atoms with Gasteiger partial charge in [-0.25, -0.2) is 9.78 Å². The molecule has 2 aromatic carbocycles. The molecule has 5 nitrogen and oxygen atoms in total. The number of benzene rings is 2. The first-order chi connectivity index (χ1) is 12.2. The van der Waals surface area contributed by atoms with E-state index >= 15 is 0 Å². The van der Waals surface area contributed by atoms with Crippen LogP contribution in [-0.2, 0) is 0 Å². The predicted octanol–water partition coefficient (Wildman–Crippen LogP) is 4.59. The quantitative estimate of drug-likeness (QED) is 0.690. The maximum absolute atomic E-state index is 11.2. The van der Waals surface area contributed by atoms with E-state index in [1.165, 1.54) is 6.07 Å². The molecule has 0 atom stereocenters. The smallest absolute Gasteiger partial charge is 0.339 e. The van der Waals surface area contributed by atoms with Crippen molar-refractivity contribution in [1.82, 2.24) is 4.98 Å². The zero-order chi connectivity index (χ0) is 17.6. The number of pyridine rings is 1. The molecule has 5 heteroatoms. The highest BCUT2D eigenvalue weighted by molar-refractivity contribution is 5.93. The van der Waals surface area contributed by atoms with Crippen LogP contribution in [0.2, 0.25) is 0 Å². The van der Waals surface area contributed by atoms with Gasteiger partial charge in [0.1, 0.15) is 17.1 Å². The Labute approximate surface area is 145 Å². The van der Waals surface area contributed by atoms with Crippen LogP contribution in [0.3, 0.4) is 0 Å². The lowest BCUT2D eigenvalue weighted by Gasteiger charge is -2.10. The van der Waals surface area contributed by atoms with Crippen molar-refractivity contribution in [3.63, 3.8) is 0 Å². The summed E-state index contributed by atoms with van der Waals surface area (Å²) < 4.78 is 5.53. The molecule has 1 heterocycles. The van der Waals surface area contributed by atoms with Gasteiger partial charge in [-0.1, -0.05) is 24.3 Å². The Kier molecular flexibility index (Phi) is 4.95. The van der Waals surface area contributed by atoms with Crippen LogP contribution in [0.15, 0.2) is 66.9 Å². The van der Waals surface area contributed by atoms with E-state index in [1.54, 1.807) is 12.3 Å². The number of rotatable bonds is 6. The van der Waals surface area contributed by atoms with Gasteiger partial charge >= 0.3 is 5.97 Å². The number of hydrogen-bond acceptors (Lipinski definition) is 4. The van der Waals surface area contributed by atoms with Crippen molar-refractivity contribution in [3.05, 3.63) is 72.4 Å². The lowest BCUT2D eigenvalue weighted by Crippen LogP contribution is -2.04. The third-order valence-electron chi connectivity index (χ3n) is 3.66. The molecule has 0 aliphatic rings. The second-order valence-electron chi connectivity index (χ2n) is 5.37. The fourth-order valence-corrected chi connectivity index (χ4v) is 2.49. The Morgan fingerprint density at radius 1 is 1.08 bits per heavy atom. The standard InChI is InChI=1S/C20H18N2O3/c1-2-25-17-6-3-5-15(13-17)14-8-10-16(11-9-14)22-19-18(20(23)24)7-4-12-21-19/h3-13H,2H2,1H3,(H,21,22)(H,23,24). The average Bonchev–Trinajstić information content (AvgIpc) is 2.63.